The fourth-order valence-corrected chi connectivity index (χ4v) is 1.95. The average molecular weight is 285 g/mol. The van der Waals surface area contributed by atoms with E-state index >= 15 is 0 Å². The lowest BCUT2D eigenvalue weighted by atomic mass is 10.1. The van der Waals surface area contributed by atoms with Gasteiger partial charge in [-0.3, -0.25) is 0 Å². The van der Waals surface area contributed by atoms with Crippen LogP contribution in [0.1, 0.15) is 39.2 Å². The highest BCUT2D eigenvalue weighted by Gasteiger charge is 1.99. The van der Waals surface area contributed by atoms with Gasteiger partial charge in [0, 0.05) is 17.8 Å². The van der Waals surface area contributed by atoms with Crippen LogP contribution in [-0.4, -0.2) is 13.7 Å². The summed E-state index contributed by atoms with van der Waals surface area (Å²) in [4.78, 5) is 0. The molecular weight excluding hydrogens is 258 g/mol. The number of allylic oxidation sites excluding steroid dienone is 3. The molecule has 0 amide bonds. The molecule has 21 heavy (non-hydrogen) atoms. The summed E-state index contributed by atoms with van der Waals surface area (Å²) in [5, 5.41) is 3.41. The third-order valence-electron chi connectivity index (χ3n) is 3.28. The first-order valence-electron chi connectivity index (χ1n) is 7.39. The van der Waals surface area contributed by atoms with Gasteiger partial charge in [-0.1, -0.05) is 42.0 Å². The number of nitrogens with one attached hydrogen (secondary N) is 1. The van der Waals surface area contributed by atoms with E-state index < -0.39 is 0 Å². The van der Waals surface area contributed by atoms with E-state index in [0.29, 0.717) is 5.76 Å². The summed E-state index contributed by atoms with van der Waals surface area (Å²) in [6, 6.07) is 8.11. The standard InChI is InChI=1S/C19H27NO/c1-15(2)8-6-9-16(3)12-13-20-19-11-7-10-18(14-19)17(4)21-5/h7-8,10-12,14,20H,4,6,9,13H2,1-3,5H3/b16-12+. The Bertz CT molecular complexity index is 522. The van der Waals surface area contributed by atoms with E-state index in [1.807, 2.05) is 12.1 Å². The molecule has 1 rings (SSSR count). The van der Waals surface area contributed by atoms with Crippen molar-refractivity contribution in [2.75, 3.05) is 19.0 Å². The predicted octanol–water partition coefficient (Wildman–Crippen LogP) is 5.41. The Morgan fingerprint density at radius 2 is 2.00 bits per heavy atom. The Balaban J connectivity index is 2.48. The van der Waals surface area contributed by atoms with Gasteiger partial charge in [-0.15, -0.1) is 0 Å². The third-order valence-corrected chi connectivity index (χ3v) is 3.28. The molecule has 0 aromatic heterocycles. The normalized spacial score (nSPS) is 11.0. The molecule has 114 valence electrons. The number of benzene rings is 1. The number of rotatable bonds is 8. The van der Waals surface area contributed by atoms with Crippen LogP contribution in [0.25, 0.3) is 5.76 Å². The monoisotopic (exact) mass is 285 g/mol. The predicted molar refractivity (Wildman–Crippen MR) is 93.4 cm³/mol. The molecule has 0 aliphatic heterocycles. The summed E-state index contributed by atoms with van der Waals surface area (Å²) in [5.74, 6) is 0.687. The summed E-state index contributed by atoms with van der Waals surface area (Å²) in [6.07, 6.45) is 6.77. The Morgan fingerprint density at radius 3 is 2.67 bits per heavy atom. The average Bonchev–Trinajstić information content (AvgIpc) is 2.46. The van der Waals surface area contributed by atoms with Gasteiger partial charge in [0.05, 0.1) is 7.11 Å². The quantitative estimate of drug-likeness (QED) is 0.509. The first-order valence-corrected chi connectivity index (χ1v) is 7.39. The van der Waals surface area contributed by atoms with Crippen molar-refractivity contribution in [2.45, 2.75) is 33.6 Å². The molecule has 0 unspecified atom stereocenters. The van der Waals surface area contributed by atoms with Gasteiger partial charge in [-0.05, 0) is 45.7 Å². The van der Waals surface area contributed by atoms with E-state index in [2.05, 4.69) is 57.0 Å². The zero-order chi connectivity index (χ0) is 15.7. The molecule has 0 fully saturated rings. The van der Waals surface area contributed by atoms with E-state index in [-0.39, 0.29) is 0 Å². The lowest BCUT2D eigenvalue weighted by Crippen LogP contribution is -1.99. The molecule has 0 aliphatic carbocycles. The van der Waals surface area contributed by atoms with Gasteiger partial charge in [0.15, 0.2) is 0 Å². The van der Waals surface area contributed by atoms with Crippen LogP contribution in [0.15, 0.2) is 54.1 Å². The maximum atomic E-state index is 5.16. The third kappa shape index (κ3) is 6.84. The van der Waals surface area contributed by atoms with E-state index in [1.54, 1.807) is 7.11 Å². The molecule has 2 heteroatoms. The van der Waals surface area contributed by atoms with Crippen molar-refractivity contribution >= 4 is 11.4 Å². The minimum absolute atomic E-state index is 0.687. The molecule has 0 bridgehead atoms. The lowest BCUT2D eigenvalue weighted by Gasteiger charge is -2.08. The first kappa shape index (κ1) is 17.1. The van der Waals surface area contributed by atoms with Crippen molar-refractivity contribution in [3.8, 4) is 0 Å². The molecule has 0 saturated heterocycles. The van der Waals surface area contributed by atoms with E-state index in [4.69, 9.17) is 4.74 Å². The second kappa shape index (κ2) is 9.06. The van der Waals surface area contributed by atoms with Crippen LogP contribution < -0.4 is 5.32 Å². The van der Waals surface area contributed by atoms with Crippen LogP contribution in [0.5, 0.6) is 0 Å². The van der Waals surface area contributed by atoms with Crippen LogP contribution in [0, 0.1) is 0 Å². The molecule has 1 N–H and O–H groups in total. The van der Waals surface area contributed by atoms with Crippen molar-refractivity contribution in [3.05, 3.63) is 59.7 Å². The van der Waals surface area contributed by atoms with Gasteiger partial charge in [0.1, 0.15) is 5.76 Å². The Kier molecular flexibility index (Phi) is 7.38. The van der Waals surface area contributed by atoms with Crippen LogP contribution in [0.4, 0.5) is 5.69 Å². The molecule has 1 aromatic rings. The van der Waals surface area contributed by atoms with Gasteiger partial charge in [-0.25, -0.2) is 0 Å². The largest absolute Gasteiger partial charge is 0.497 e. The maximum Gasteiger partial charge on any atom is 0.118 e. The topological polar surface area (TPSA) is 21.3 Å². The molecule has 0 aliphatic rings. The van der Waals surface area contributed by atoms with E-state index in [0.717, 1.165) is 30.6 Å². The van der Waals surface area contributed by atoms with Crippen molar-refractivity contribution in [2.24, 2.45) is 0 Å². The lowest BCUT2D eigenvalue weighted by molar-refractivity contribution is 0.371. The smallest absolute Gasteiger partial charge is 0.118 e. The molecular formula is C19H27NO. The Hall–Kier alpha value is -1.96. The van der Waals surface area contributed by atoms with Gasteiger partial charge in [-0.2, -0.15) is 0 Å². The first-order chi connectivity index (χ1) is 10.0. The second-order valence-corrected chi connectivity index (χ2v) is 5.46. The Morgan fingerprint density at radius 1 is 1.24 bits per heavy atom. The van der Waals surface area contributed by atoms with Gasteiger partial charge in [0.2, 0.25) is 0 Å². The maximum absolute atomic E-state index is 5.16. The van der Waals surface area contributed by atoms with Crippen molar-refractivity contribution in [1.29, 1.82) is 0 Å². The highest BCUT2D eigenvalue weighted by molar-refractivity contribution is 5.62. The summed E-state index contributed by atoms with van der Waals surface area (Å²) in [6.45, 7) is 11.2. The summed E-state index contributed by atoms with van der Waals surface area (Å²) < 4.78 is 5.16. The SMILES string of the molecule is C=C(OC)c1cccc(NC/C=C(\C)CCC=C(C)C)c1. The van der Waals surface area contributed by atoms with Gasteiger partial charge < -0.3 is 10.1 Å². The molecule has 0 atom stereocenters. The minimum atomic E-state index is 0.687. The van der Waals surface area contributed by atoms with Crippen molar-refractivity contribution < 1.29 is 4.74 Å². The fraction of sp³-hybridized carbons (Fsp3) is 0.368. The van der Waals surface area contributed by atoms with Crippen molar-refractivity contribution in [1.82, 2.24) is 0 Å². The van der Waals surface area contributed by atoms with E-state index in [1.165, 1.54) is 11.1 Å². The molecule has 0 heterocycles. The number of ether oxygens (including phenoxy) is 1. The van der Waals surface area contributed by atoms with Crippen LogP contribution >= 0.6 is 0 Å². The number of hydrogen-bond acceptors (Lipinski definition) is 2. The number of anilines is 1. The molecule has 0 saturated carbocycles. The van der Waals surface area contributed by atoms with E-state index in [9.17, 15) is 0 Å². The van der Waals surface area contributed by atoms with Crippen LogP contribution in [-0.2, 0) is 4.74 Å². The number of hydrogen-bond donors (Lipinski definition) is 1. The minimum Gasteiger partial charge on any atom is -0.497 e. The molecule has 1 aromatic carbocycles. The zero-order valence-corrected chi connectivity index (χ0v) is 13.7. The zero-order valence-electron chi connectivity index (χ0n) is 13.7. The number of methoxy groups -OCH3 is 1. The fourth-order valence-electron chi connectivity index (χ4n) is 1.95. The molecule has 0 radical (unpaired) electrons. The molecule has 2 nitrogen and oxygen atoms in total. The highest BCUT2D eigenvalue weighted by atomic mass is 16.5. The summed E-state index contributed by atoms with van der Waals surface area (Å²) in [7, 11) is 1.64. The molecule has 0 spiro atoms. The van der Waals surface area contributed by atoms with Crippen LogP contribution in [0.3, 0.4) is 0 Å². The van der Waals surface area contributed by atoms with Crippen molar-refractivity contribution in [3.63, 3.8) is 0 Å². The summed E-state index contributed by atoms with van der Waals surface area (Å²) >= 11 is 0. The highest BCUT2D eigenvalue weighted by Crippen LogP contribution is 2.17. The van der Waals surface area contributed by atoms with Crippen LogP contribution in [0.2, 0.25) is 0 Å². The summed E-state index contributed by atoms with van der Waals surface area (Å²) in [5.41, 5.74) is 4.89. The Labute approximate surface area is 129 Å². The van der Waals surface area contributed by atoms with Gasteiger partial charge in [0.25, 0.3) is 0 Å². The van der Waals surface area contributed by atoms with Gasteiger partial charge >= 0.3 is 0 Å². The second-order valence-electron chi connectivity index (χ2n) is 5.46.